The highest BCUT2D eigenvalue weighted by Gasteiger charge is 2.30. The fraction of sp³-hybridized carbons (Fsp3) is 0.286. The van der Waals surface area contributed by atoms with Gasteiger partial charge < -0.3 is 10.2 Å². The number of halogens is 1. The van der Waals surface area contributed by atoms with Gasteiger partial charge in [0.25, 0.3) is 0 Å². The van der Waals surface area contributed by atoms with Crippen molar-refractivity contribution in [1.29, 1.82) is 0 Å². The zero-order valence-electron chi connectivity index (χ0n) is 19.5. The summed E-state index contributed by atoms with van der Waals surface area (Å²) in [5.74, 6) is 0.664. The Bertz CT molecular complexity index is 1050. The second kappa shape index (κ2) is 13.6. The molecule has 0 radical (unpaired) electrons. The lowest BCUT2D eigenvalue weighted by Crippen LogP contribution is -2.50. The van der Waals surface area contributed by atoms with Gasteiger partial charge in [0, 0.05) is 43.0 Å². The molecular weight excluding hydrogens is 447 g/mol. The molecule has 1 unspecified atom stereocenters. The van der Waals surface area contributed by atoms with Crippen LogP contribution in [0, 0.1) is 5.82 Å². The standard InChI is InChI=1S/C28H31FN2O2S/c1-2-30-28(33)26(19-22-11-5-3-6-12-22)31(20-24-15-9-10-16-25(24)29)27(32)17-18-34-21-23-13-7-4-8-14-23/h3-16,26H,2,17-21H2,1H3,(H,30,33). The van der Waals surface area contributed by atoms with Crippen LogP contribution in [-0.2, 0) is 28.3 Å². The Morgan fingerprint density at radius 1 is 0.912 bits per heavy atom. The van der Waals surface area contributed by atoms with Gasteiger partial charge in [-0.05, 0) is 24.1 Å². The number of amides is 2. The predicted octanol–water partition coefficient (Wildman–Crippen LogP) is 5.23. The Kier molecular flexibility index (Phi) is 10.2. The van der Waals surface area contributed by atoms with Gasteiger partial charge in [0.15, 0.2) is 0 Å². The third-order valence-electron chi connectivity index (χ3n) is 5.49. The maximum atomic E-state index is 14.5. The van der Waals surface area contributed by atoms with Crippen LogP contribution in [0.1, 0.15) is 30.0 Å². The highest BCUT2D eigenvalue weighted by molar-refractivity contribution is 7.98. The first kappa shape index (κ1) is 25.5. The van der Waals surface area contributed by atoms with Gasteiger partial charge >= 0.3 is 0 Å². The van der Waals surface area contributed by atoms with Crippen molar-refractivity contribution >= 4 is 23.6 Å². The van der Waals surface area contributed by atoms with E-state index in [0.29, 0.717) is 24.3 Å². The van der Waals surface area contributed by atoms with Crippen LogP contribution >= 0.6 is 11.8 Å². The second-order valence-electron chi connectivity index (χ2n) is 8.00. The number of carbonyl (C=O) groups excluding carboxylic acids is 2. The first-order chi connectivity index (χ1) is 16.6. The fourth-order valence-corrected chi connectivity index (χ4v) is 4.61. The number of thioether (sulfide) groups is 1. The van der Waals surface area contributed by atoms with Crippen LogP contribution < -0.4 is 5.32 Å². The molecule has 1 atom stereocenters. The van der Waals surface area contributed by atoms with Gasteiger partial charge in [-0.25, -0.2) is 4.39 Å². The molecule has 1 N–H and O–H groups in total. The quantitative estimate of drug-likeness (QED) is 0.363. The highest BCUT2D eigenvalue weighted by Crippen LogP contribution is 2.19. The summed E-state index contributed by atoms with van der Waals surface area (Å²) in [6, 6.07) is 25.4. The van der Waals surface area contributed by atoms with Crippen molar-refractivity contribution in [3.8, 4) is 0 Å². The van der Waals surface area contributed by atoms with Crippen molar-refractivity contribution in [1.82, 2.24) is 10.2 Å². The molecule has 178 valence electrons. The number of hydrogen-bond donors (Lipinski definition) is 1. The zero-order valence-corrected chi connectivity index (χ0v) is 20.3. The van der Waals surface area contributed by atoms with Crippen LogP contribution in [0.3, 0.4) is 0 Å². The van der Waals surface area contributed by atoms with Gasteiger partial charge in [0.1, 0.15) is 11.9 Å². The van der Waals surface area contributed by atoms with Crippen molar-refractivity contribution in [2.45, 2.75) is 38.1 Å². The Balaban J connectivity index is 1.78. The van der Waals surface area contributed by atoms with Crippen molar-refractivity contribution in [3.05, 3.63) is 107 Å². The summed E-state index contributed by atoms with van der Waals surface area (Å²) < 4.78 is 14.5. The van der Waals surface area contributed by atoms with E-state index in [9.17, 15) is 14.0 Å². The van der Waals surface area contributed by atoms with E-state index in [4.69, 9.17) is 0 Å². The molecule has 0 aliphatic carbocycles. The maximum Gasteiger partial charge on any atom is 0.243 e. The highest BCUT2D eigenvalue weighted by atomic mass is 32.2. The minimum Gasteiger partial charge on any atom is -0.355 e. The topological polar surface area (TPSA) is 49.4 Å². The first-order valence-electron chi connectivity index (χ1n) is 11.5. The summed E-state index contributed by atoms with van der Waals surface area (Å²) in [6.45, 7) is 2.35. The van der Waals surface area contributed by atoms with Gasteiger partial charge in [-0.1, -0.05) is 78.9 Å². The summed E-state index contributed by atoms with van der Waals surface area (Å²) >= 11 is 1.67. The molecule has 3 aromatic rings. The Labute approximate surface area is 205 Å². The predicted molar refractivity (Wildman–Crippen MR) is 137 cm³/mol. The molecule has 0 aliphatic rings. The van der Waals surface area contributed by atoms with E-state index in [1.807, 2.05) is 55.5 Å². The Morgan fingerprint density at radius 3 is 2.18 bits per heavy atom. The van der Waals surface area contributed by atoms with E-state index in [0.717, 1.165) is 11.3 Å². The lowest BCUT2D eigenvalue weighted by molar-refractivity contribution is -0.141. The molecule has 0 fully saturated rings. The number of benzene rings is 3. The third-order valence-corrected chi connectivity index (χ3v) is 6.52. The molecule has 2 amide bonds. The molecule has 6 heteroatoms. The lowest BCUT2D eigenvalue weighted by atomic mass is 10.0. The molecule has 0 saturated carbocycles. The number of carbonyl (C=O) groups is 2. The van der Waals surface area contributed by atoms with Crippen LogP contribution in [-0.4, -0.2) is 35.1 Å². The number of nitrogens with zero attached hydrogens (tertiary/aromatic N) is 1. The number of likely N-dealkylation sites (N-methyl/N-ethyl adjacent to an activating group) is 1. The number of nitrogens with one attached hydrogen (secondary N) is 1. The monoisotopic (exact) mass is 478 g/mol. The van der Waals surface area contributed by atoms with Gasteiger partial charge in [-0.3, -0.25) is 9.59 Å². The second-order valence-corrected chi connectivity index (χ2v) is 9.11. The number of rotatable bonds is 12. The average Bonchev–Trinajstić information content (AvgIpc) is 2.86. The molecule has 0 heterocycles. The minimum absolute atomic E-state index is 0.0451. The van der Waals surface area contributed by atoms with Gasteiger partial charge in [0.2, 0.25) is 11.8 Å². The third kappa shape index (κ3) is 7.73. The van der Waals surface area contributed by atoms with E-state index < -0.39 is 6.04 Å². The summed E-state index contributed by atoms with van der Waals surface area (Å²) in [5.41, 5.74) is 2.55. The largest absolute Gasteiger partial charge is 0.355 e. The van der Waals surface area contributed by atoms with Gasteiger partial charge in [0.05, 0.1) is 0 Å². The minimum atomic E-state index is -0.728. The molecule has 0 aromatic heterocycles. The van der Waals surface area contributed by atoms with Crippen LogP contribution in [0.15, 0.2) is 84.9 Å². The van der Waals surface area contributed by atoms with Gasteiger partial charge in [-0.2, -0.15) is 11.8 Å². The summed E-state index contributed by atoms with van der Waals surface area (Å²) in [5, 5.41) is 2.86. The van der Waals surface area contributed by atoms with Crippen LogP contribution in [0.5, 0.6) is 0 Å². The fourth-order valence-electron chi connectivity index (χ4n) is 3.72. The van der Waals surface area contributed by atoms with Crippen LogP contribution in [0.4, 0.5) is 4.39 Å². The summed E-state index contributed by atoms with van der Waals surface area (Å²) in [6.07, 6.45) is 0.640. The lowest BCUT2D eigenvalue weighted by Gasteiger charge is -2.31. The Hall–Kier alpha value is -3.12. The molecule has 0 bridgehead atoms. The smallest absolute Gasteiger partial charge is 0.243 e. The molecule has 3 aromatic carbocycles. The molecule has 4 nitrogen and oxygen atoms in total. The molecule has 3 rings (SSSR count). The molecule has 0 aliphatic heterocycles. The molecule has 0 spiro atoms. The maximum absolute atomic E-state index is 14.5. The zero-order chi connectivity index (χ0) is 24.2. The van der Waals surface area contributed by atoms with E-state index in [2.05, 4.69) is 17.4 Å². The molecule has 0 saturated heterocycles. The van der Waals surface area contributed by atoms with Crippen molar-refractivity contribution in [3.63, 3.8) is 0 Å². The van der Waals surface area contributed by atoms with E-state index in [-0.39, 0.29) is 30.6 Å². The van der Waals surface area contributed by atoms with E-state index in [1.54, 1.807) is 34.9 Å². The molecule has 34 heavy (non-hydrogen) atoms. The van der Waals surface area contributed by atoms with Crippen molar-refractivity contribution in [2.75, 3.05) is 12.3 Å². The number of hydrogen-bond acceptors (Lipinski definition) is 3. The molecular formula is C28H31FN2O2S. The summed E-state index contributed by atoms with van der Waals surface area (Å²) in [4.78, 5) is 28.0. The van der Waals surface area contributed by atoms with E-state index >= 15 is 0 Å². The normalized spacial score (nSPS) is 11.6. The van der Waals surface area contributed by atoms with Crippen LogP contribution in [0.25, 0.3) is 0 Å². The van der Waals surface area contributed by atoms with E-state index in [1.165, 1.54) is 11.6 Å². The van der Waals surface area contributed by atoms with Crippen LogP contribution in [0.2, 0.25) is 0 Å². The Morgan fingerprint density at radius 2 is 1.53 bits per heavy atom. The SMILES string of the molecule is CCNC(=O)C(Cc1ccccc1)N(Cc1ccccc1F)C(=O)CCSCc1ccccc1. The van der Waals surface area contributed by atoms with Crippen molar-refractivity contribution in [2.24, 2.45) is 0 Å². The van der Waals surface area contributed by atoms with Crippen molar-refractivity contribution < 1.29 is 14.0 Å². The first-order valence-corrected chi connectivity index (χ1v) is 12.7. The average molecular weight is 479 g/mol. The van der Waals surface area contributed by atoms with Gasteiger partial charge in [-0.15, -0.1) is 0 Å². The summed E-state index contributed by atoms with van der Waals surface area (Å²) in [7, 11) is 0.